The van der Waals surface area contributed by atoms with E-state index in [4.69, 9.17) is 10.8 Å². The molecule has 0 spiro atoms. The minimum absolute atomic E-state index is 0.0710. The zero-order valence-corrected chi connectivity index (χ0v) is 21.6. The number of carboxylic acids is 1. The number of nitrogens with one attached hydrogen (secondary N) is 1. The molecule has 0 amide bonds. The second-order valence-electron chi connectivity index (χ2n) is 8.72. The van der Waals surface area contributed by atoms with Gasteiger partial charge >= 0.3 is 5.97 Å². The van der Waals surface area contributed by atoms with E-state index in [9.17, 15) is 13.2 Å². The molecule has 0 aliphatic carbocycles. The van der Waals surface area contributed by atoms with E-state index in [1.807, 2.05) is 61.5 Å². The van der Waals surface area contributed by atoms with Crippen LogP contribution in [0.2, 0.25) is 0 Å². The normalized spacial score (nSPS) is 13.2. The van der Waals surface area contributed by atoms with Crippen LogP contribution in [0.25, 0.3) is 17.2 Å². The molecule has 2 aromatic carbocycles. The Hall–Kier alpha value is -4.34. The second-order valence-corrected chi connectivity index (χ2v) is 10.9. The van der Waals surface area contributed by atoms with Crippen LogP contribution in [0, 0.1) is 0 Å². The Bertz CT molecular complexity index is 1560. The number of anilines is 1. The molecule has 0 aliphatic heterocycles. The molecule has 38 heavy (non-hydrogen) atoms. The van der Waals surface area contributed by atoms with Gasteiger partial charge in [-0.3, -0.25) is 4.79 Å². The molecule has 4 aromatic rings. The van der Waals surface area contributed by atoms with E-state index < -0.39 is 20.7 Å². The summed E-state index contributed by atoms with van der Waals surface area (Å²) in [6, 6.07) is 24.9. The Morgan fingerprint density at radius 2 is 1.76 bits per heavy atom. The molecule has 2 aromatic heterocycles. The van der Waals surface area contributed by atoms with Crippen molar-refractivity contribution in [2.45, 2.75) is 23.2 Å². The van der Waals surface area contributed by atoms with E-state index in [0.717, 1.165) is 16.7 Å². The van der Waals surface area contributed by atoms with Gasteiger partial charge in [0.15, 0.2) is 9.90 Å². The first-order chi connectivity index (χ1) is 18.2. The second kappa shape index (κ2) is 11.4. The fourth-order valence-electron chi connectivity index (χ4n) is 4.08. The van der Waals surface area contributed by atoms with Crippen molar-refractivity contribution < 1.29 is 18.3 Å². The summed E-state index contributed by atoms with van der Waals surface area (Å²) in [6.45, 7) is 1.59. The molecule has 0 fully saturated rings. The lowest BCUT2D eigenvalue weighted by Gasteiger charge is -2.29. The number of nitrogens with two attached hydrogens (primary N) is 1. The molecule has 0 bridgehead atoms. The van der Waals surface area contributed by atoms with Gasteiger partial charge < -0.3 is 16.2 Å². The van der Waals surface area contributed by atoms with E-state index in [1.165, 1.54) is 18.3 Å². The molecule has 194 valence electrons. The monoisotopic (exact) mass is 528 g/mol. The quantitative estimate of drug-likeness (QED) is 0.274. The minimum Gasteiger partial charge on any atom is -0.480 e. The predicted molar refractivity (Wildman–Crippen MR) is 148 cm³/mol. The standard InChI is InChI=1S/C29H28N4O4S/c1-2-7-21-8-5-9-24(18-21)23-15-13-22(14-16-23)19-29(30,38(36,37)27-12-3-4-17-31-27)25-10-6-11-26(33-25)32-20-28(34)35/h2-18H,19-20,30H2,1H3,(H,32,33)(H,34,35)/b7-2-. The number of nitrogens with zero attached hydrogens (tertiary/aromatic N) is 2. The van der Waals surface area contributed by atoms with Gasteiger partial charge in [0.05, 0.1) is 5.69 Å². The summed E-state index contributed by atoms with van der Waals surface area (Å²) < 4.78 is 27.8. The number of aromatic nitrogens is 2. The van der Waals surface area contributed by atoms with E-state index in [0.29, 0.717) is 5.56 Å². The highest BCUT2D eigenvalue weighted by molar-refractivity contribution is 7.92. The zero-order valence-electron chi connectivity index (χ0n) is 20.8. The number of carbonyl (C=O) groups is 1. The van der Waals surface area contributed by atoms with Crippen molar-refractivity contribution in [3.63, 3.8) is 0 Å². The molecule has 0 aliphatic rings. The first-order valence-corrected chi connectivity index (χ1v) is 13.4. The molecule has 1 atom stereocenters. The van der Waals surface area contributed by atoms with Crippen LogP contribution in [-0.2, 0) is 25.9 Å². The first-order valence-electron chi connectivity index (χ1n) is 11.9. The van der Waals surface area contributed by atoms with Crippen LogP contribution in [0.3, 0.4) is 0 Å². The first kappa shape index (κ1) is 26.7. The van der Waals surface area contributed by atoms with Crippen LogP contribution in [0.15, 0.2) is 102 Å². The number of aliphatic carboxylic acids is 1. The largest absolute Gasteiger partial charge is 0.480 e. The molecular weight excluding hydrogens is 500 g/mol. The van der Waals surface area contributed by atoms with Crippen molar-refractivity contribution in [3.8, 4) is 11.1 Å². The van der Waals surface area contributed by atoms with Crippen molar-refractivity contribution >= 4 is 27.7 Å². The molecule has 0 saturated heterocycles. The number of rotatable bonds is 10. The van der Waals surface area contributed by atoms with Gasteiger partial charge in [-0.1, -0.05) is 66.7 Å². The SMILES string of the molecule is C/C=C\c1cccc(-c2ccc(CC(N)(c3cccc(NCC(=O)O)n3)S(=O)(=O)c3ccccn3)cc2)c1. The average molecular weight is 529 g/mol. The number of allylic oxidation sites excluding steroid dienone is 1. The lowest BCUT2D eigenvalue weighted by Crippen LogP contribution is -2.47. The van der Waals surface area contributed by atoms with E-state index >= 15 is 0 Å². The lowest BCUT2D eigenvalue weighted by atomic mass is 9.98. The highest BCUT2D eigenvalue weighted by Crippen LogP contribution is 2.34. The highest BCUT2D eigenvalue weighted by atomic mass is 32.2. The Labute approximate surface area is 221 Å². The average Bonchev–Trinajstić information content (AvgIpc) is 2.93. The van der Waals surface area contributed by atoms with Crippen molar-refractivity contribution in [2.24, 2.45) is 5.73 Å². The third-order valence-corrected chi connectivity index (χ3v) is 8.10. The smallest absolute Gasteiger partial charge is 0.322 e. The Morgan fingerprint density at radius 3 is 2.45 bits per heavy atom. The molecule has 9 heteroatoms. The predicted octanol–water partition coefficient (Wildman–Crippen LogP) is 4.50. The van der Waals surface area contributed by atoms with Crippen LogP contribution in [0.5, 0.6) is 0 Å². The van der Waals surface area contributed by atoms with Crippen molar-refractivity contribution in [3.05, 3.63) is 114 Å². The maximum atomic E-state index is 13.9. The van der Waals surface area contributed by atoms with Gasteiger partial charge in [0.2, 0.25) is 9.84 Å². The van der Waals surface area contributed by atoms with E-state index in [1.54, 1.807) is 24.3 Å². The molecular formula is C29H28N4O4S. The Kier molecular flexibility index (Phi) is 7.99. The summed E-state index contributed by atoms with van der Waals surface area (Å²) in [7, 11) is -4.22. The maximum absolute atomic E-state index is 13.9. The van der Waals surface area contributed by atoms with Crippen molar-refractivity contribution in [2.75, 3.05) is 11.9 Å². The number of sulfone groups is 1. The van der Waals surface area contributed by atoms with E-state index in [-0.39, 0.29) is 29.5 Å². The third kappa shape index (κ3) is 5.80. The molecule has 1 unspecified atom stereocenters. The van der Waals surface area contributed by atoms with Crippen LogP contribution in [0.1, 0.15) is 23.7 Å². The summed E-state index contributed by atoms with van der Waals surface area (Å²) in [5, 5.41) is 11.5. The highest BCUT2D eigenvalue weighted by Gasteiger charge is 2.45. The minimum atomic E-state index is -4.22. The fraction of sp³-hybridized carbons (Fsp3) is 0.138. The van der Waals surface area contributed by atoms with Gasteiger partial charge in [-0.15, -0.1) is 0 Å². The molecule has 0 radical (unpaired) electrons. The van der Waals surface area contributed by atoms with Gasteiger partial charge in [0.25, 0.3) is 0 Å². The van der Waals surface area contributed by atoms with Gasteiger partial charge in [-0.05, 0) is 59.5 Å². The van der Waals surface area contributed by atoms with Crippen LogP contribution in [0.4, 0.5) is 5.82 Å². The summed E-state index contributed by atoms with van der Waals surface area (Å²) in [5.74, 6) is -0.874. The maximum Gasteiger partial charge on any atom is 0.322 e. The number of hydrogen-bond acceptors (Lipinski definition) is 7. The van der Waals surface area contributed by atoms with Crippen molar-refractivity contribution in [1.82, 2.24) is 9.97 Å². The number of carboxylic acid groups (broad SMARTS) is 1. The fourth-order valence-corrected chi connectivity index (χ4v) is 5.66. The molecule has 0 saturated carbocycles. The summed E-state index contributed by atoms with van der Waals surface area (Å²) in [4.78, 5) is 17.5. The van der Waals surface area contributed by atoms with Crippen LogP contribution < -0.4 is 11.1 Å². The third-order valence-electron chi connectivity index (χ3n) is 6.00. The van der Waals surface area contributed by atoms with Gasteiger partial charge in [0, 0.05) is 12.6 Å². The van der Waals surface area contributed by atoms with Gasteiger partial charge in [-0.2, -0.15) is 0 Å². The molecule has 4 N–H and O–H groups in total. The van der Waals surface area contributed by atoms with Gasteiger partial charge in [0.1, 0.15) is 12.4 Å². The molecule has 2 heterocycles. The topological polar surface area (TPSA) is 135 Å². The number of benzene rings is 2. The summed E-state index contributed by atoms with van der Waals surface area (Å²) in [5.41, 5.74) is 10.6. The summed E-state index contributed by atoms with van der Waals surface area (Å²) >= 11 is 0. The Balaban J connectivity index is 1.73. The van der Waals surface area contributed by atoms with Crippen molar-refractivity contribution in [1.29, 1.82) is 0 Å². The van der Waals surface area contributed by atoms with Crippen LogP contribution in [-0.4, -0.2) is 36.0 Å². The summed E-state index contributed by atoms with van der Waals surface area (Å²) in [6.07, 6.45) is 5.31. The van der Waals surface area contributed by atoms with Gasteiger partial charge in [-0.25, -0.2) is 18.4 Å². The van der Waals surface area contributed by atoms with Crippen LogP contribution >= 0.6 is 0 Å². The Morgan fingerprint density at radius 1 is 1.00 bits per heavy atom. The lowest BCUT2D eigenvalue weighted by molar-refractivity contribution is -0.134. The molecule has 8 nitrogen and oxygen atoms in total. The number of pyridine rings is 2. The zero-order chi connectivity index (χ0) is 27.2. The van der Waals surface area contributed by atoms with E-state index in [2.05, 4.69) is 21.4 Å². The molecule has 4 rings (SSSR count). The number of hydrogen-bond donors (Lipinski definition) is 3.